The maximum Gasteiger partial charge on any atom is 0.264 e. The number of rotatable bonds is 2. The predicted molar refractivity (Wildman–Crippen MR) is 188 cm³/mol. The maximum absolute atomic E-state index is 13.4. The first-order valence-electron chi connectivity index (χ1n) is 16.5. The molecule has 2 aromatic carbocycles. The second-order valence-corrected chi connectivity index (χ2v) is 16.8. The Balaban J connectivity index is 1.56. The second-order valence-electron chi connectivity index (χ2n) is 13.9. The number of carbonyl (C=O) groups excluding carboxylic acids is 1. The molecule has 1 saturated carbocycles. The molecule has 2 bridgehead atoms. The van der Waals surface area contributed by atoms with Crippen LogP contribution in [0.4, 0.5) is 5.69 Å². The highest BCUT2D eigenvalue weighted by Crippen LogP contribution is 2.47. The number of hydrogen-bond donors (Lipinski definition) is 2. The smallest absolute Gasteiger partial charge is 0.264 e. The first-order valence-corrected chi connectivity index (χ1v) is 18.9. The molecule has 46 heavy (non-hydrogen) atoms. The monoisotopic (exact) mass is 689 g/mol. The van der Waals surface area contributed by atoms with Gasteiger partial charge in [0.25, 0.3) is 5.91 Å². The number of nitrogens with zero attached hydrogens (tertiary/aromatic N) is 2. The van der Waals surface area contributed by atoms with Gasteiger partial charge >= 0.3 is 0 Å². The number of anilines is 1. The van der Waals surface area contributed by atoms with Gasteiger partial charge in [0, 0.05) is 44.2 Å². The van der Waals surface area contributed by atoms with E-state index in [0.29, 0.717) is 54.6 Å². The Morgan fingerprint density at radius 2 is 1.89 bits per heavy atom. The van der Waals surface area contributed by atoms with Gasteiger partial charge in [-0.05, 0) is 111 Å². The molecule has 2 N–H and O–H groups in total. The number of aliphatic hydroxyl groups is 1. The Bertz CT molecular complexity index is 1550. The van der Waals surface area contributed by atoms with Crippen LogP contribution in [-0.4, -0.2) is 67.4 Å². The first kappa shape index (κ1) is 34.9. The molecular formula is C35H48ClN3O5S2. The van der Waals surface area contributed by atoms with Gasteiger partial charge in [0.2, 0.25) is 10.0 Å². The highest BCUT2D eigenvalue weighted by molar-refractivity contribution is 7.90. The molecule has 8 nitrogen and oxygen atoms in total. The molecule has 0 aromatic heterocycles. The fraction of sp³-hybridized carbons (Fsp3) is 0.600. The third-order valence-electron chi connectivity index (χ3n) is 10.6. The van der Waals surface area contributed by atoms with E-state index in [9.17, 15) is 18.3 Å². The molecule has 1 fully saturated rings. The zero-order valence-electron chi connectivity index (χ0n) is 27.4. The molecule has 0 unspecified atom stereocenters. The summed E-state index contributed by atoms with van der Waals surface area (Å²) in [5, 5.41) is 12.3. The first-order chi connectivity index (χ1) is 21.8. The van der Waals surface area contributed by atoms with Crippen LogP contribution in [0.15, 0.2) is 36.4 Å². The lowest BCUT2D eigenvalue weighted by molar-refractivity contribution is -0.0838. The number of aryl methyl sites for hydroxylation is 1. The van der Waals surface area contributed by atoms with Crippen LogP contribution in [0.1, 0.15) is 86.7 Å². The largest absolute Gasteiger partial charge is 0.487 e. The fourth-order valence-corrected chi connectivity index (χ4v) is 8.99. The fourth-order valence-electron chi connectivity index (χ4n) is 7.23. The van der Waals surface area contributed by atoms with Crippen molar-refractivity contribution in [2.24, 2.45) is 17.8 Å². The second kappa shape index (κ2) is 14.4. The number of fused-ring (bicyclic) bond motifs is 3. The Morgan fingerprint density at radius 1 is 1.11 bits per heavy atom. The highest BCUT2D eigenvalue weighted by atomic mass is 35.5. The Labute approximate surface area is 284 Å². The SMILES string of the molecule is C[C@@H]1[C@@H](C)CCC[C@](O)(CC(=S)N(C)C)[C@@H]2CC[C@H]2CN2CCCCc3cc(Cl)ccc3COc3ccc(cc32)C(=O)NS1(=O)=O. The average molecular weight is 690 g/mol. The van der Waals surface area contributed by atoms with Crippen molar-refractivity contribution in [1.29, 1.82) is 0 Å². The summed E-state index contributed by atoms with van der Waals surface area (Å²) in [5.74, 6) is 0.0530. The van der Waals surface area contributed by atoms with Crippen molar-refractivity contribution in [3.63, 3.8) is 0 Å². The van der Waals surface area contributed by atoms with Crippen molar-refractivity contribution in [2.45, 2.75) is 89.1 Å². The molecule has 2 aliphatic heterocycles. The van der Waals surface area contributed by atoms with E-state index in [4.69, 9.17) is 28.6 Å². The summed E-state index contributed by atoms with van der Waals surface area (Å²) in [7, 11) is -0.120. The summed E-state index contributed by atoms with van der Waals surface area (Å²) in [6.45, 7) is 5.30. The van der Waals surface area contributed by atoms with E-state index in [2.05, 4.69) is 9.62 Å². The van der Waals surface area contributed by atoms with Gasteiger partial charge in [-0.15, -0.1) is 0 Å². The quantitative estimate of drug-likeness (QED) is 0.352. The molecule has 2 aromatic rings. The van der Waals surface area contributed by atoms with Crippen molar-refractivity contribution < 1.29 is 23.1 Å². The maximum atomic E-state index is 13.4. The van der Waals surface area contributed by atoms with E-state index < -0.39 is 26.8 Å². The van der Waals surface area contributed by atoms with E-state index in [-0.39, 0.29) is 23.3 Å². The lowest BCUT2D eigenvalue weighted by atomic mass is 9.62. The molecule has 2 heterocycles. The normalized spacial score (nSPS) is 28.7. The molecule has 11 heteroatoms. The van der Waals surface area contributed by atoms with E-state index >= 15 is 0 Å². The summed E-state index contributed by atoms with van der Waals surface area (Å²) >= 11 is 12.1. The number of ether oxygens (including phenoxy) is 1. The van der Waals surface area contributed by atoms with Gasteiger partial charge in [0.05, 0.1) is 21.5 Å². The number of hydrogen-bond acceptors (Lipinski definition) is 7. The molecule has 0 radical (unpaired) electrons. The van der Waals surface area contributed by atoms with Gasteiger partial charge in [-0.25, -0.2) is 13.1 Å². The van der Waals surface area contributed by atoms with Gasteiger partial charge in [0.15, 0.2) is 0 Å². The van der Waals surface area contributed by atoms with Crippen molar-refractivity contribution >= 4 is 50.4 Å². The summed E-state index contributed by atoms with van der Waals surface area (Å²) in [6.07, 6.45) is 6.84. The minimum Gasteiger partial charge on any atom is -0.487 e. The van der Waals surface area contributed by atoms with Crippen LogP contribution in [0.5, 0.6) is 5.75 Å². The van der Waals surface area contributed by atoms with Gasteiger partial charge in [0.1, 0.15) is 12.4 Å². The molecule has 1 aliphatic carbocycles. The lowest BCUT2D eigenvalue weighted by Crippen LogP contribution is -2.52. The van der Waals surface area contributed by atoms with E-state index in [0.717, 1.165) is 49.9 Å². The molecule has 0 spiro atoms. The zero-order chi connectivity index (χ0) is 33.2. The number of nitrogens with one attached hydrogen (secondary N) is 1. The van der Waals surface area contributed by atoms with Gasteiger partial charge in [-0.2, -0.15) is 0 Å². The lowest BCUT2D eigenvalue weighted by Gasteiger charge is -2.50. The van der Waals surface area contributed by atoms with Gasteiger partial charge in [-0.3, -0.25) is 4.79 Å². The molecule has 3 aliphatic rings. The van der Waals surface area contributed by atoms with Crippen LogP contribution in [0.3, 0.4) is 0 Å². The Kier molecular flexibility index (Phi) is 10.9. The van der Waals surface area contributed by atoms with E-state index in [1.165, 1.54) is 5.56 Å². The predicted octanol–water partition coefficient (Wildman–Crippen LogP) is 6.37. The van der Waals surface area contributed by atoms with Gasteiger partial charge < -0.3 is 19.6 Å². The molecule has 0 saturated heterocycles. The van der Waals surface area contributed by atoms with Crippen molar-refractivity contribution in [1.82, 2.24) is 9.62 Å². The Morgan fingerprint density at radius 3 is 2.61 bits per heavy atom. The Hall–Kier alpha value is -2.40. The molecule has 1 amide bonds. The van der Waals surface area contributed by atoms with E-state index in [1.54, 1.807) is 25.1 Å². The molecule has 5 rings (SSSR count). The van der Waals surface area contributed by atoms with Crippen molar-refractivity contribution in [2.75, 3.05) is 32.1 Å². The van der Waals surface area contributed by atoms with Gasteiger partial charge in [-0.1, -0.05) is 43.2 Å². The summed E-state index contributed by atoms with van der Waals surface area (Å²) in [5.41, 5.74) is 2.26. The average Bonchev–Trinajstić information content (AvgIpc) is 3.01. The van der Waals surface area contributed by atoms with E-state index in [1.807, 2.05) is 44.1 Å². The van der Waals surface area contributed by atoms with Crippen LogP contribution >= 0.6 is 23.8 Å². The standard InChI is InChI=1S/C35H48ClN3O5S2/c1-23-8-7-16-35(41,20-33(45)38(3)4)30-14-11-27(30)21-39-17-6-5-9-25-18-29(36)13-10-28(25)22-44-32-15-12-26(19-31(32)39)34(40)37-46(42,43)24(23)2/h10,12-13,15,18-19,23-24,27,30,41H,5-9,11,14,16-17,20-22H2,1-4H3,(H,37,40)/t23-,24+,27-,30+,35-/m0/s1. The van der Waals surface area contributed by atoms with Crippen LogP contribution in [0, 0.1) is 17.8 Å². The number of benzene rings is 2. The molecular weight excluding hydrogens is 642 g/mol. The topological polar surface area (TPSA) is 99.2 Å². The highest BCUT2D eigenvalue weighted by Gasteiger charge is 2.47. The molecule has 5 atom stereocenters. The third-order valence-corrected chi connectivity index (χ3v) is 13.2. The summed E-state index contributed by atoms with van der Waals surface area (Å²) in [4.78, 5) is 18.3. The molecule has 252 valence electrons. The van der Waals surface area contributed by atoms with Crippen molar-refractivity contribution in [3.8, 4) is 5.75 Å². The van der Waals surface area contributed by atoms with Crippen LogP contribution < -0.4 is 14.4 Å². The number of thiocarbonyl (C=S) groups is 1. The minimum absolute atomic E-state index is 0.0511. The zero-order valence-corrected chi connectivity index (χ0v) is 29.8. The minimum atomic E-state index is -3.95. The number of halogens is 1. The van der Waals surface area contributed by atoms with Crippen LogP contribution in [0.25, 0.3) is 0 Å². The number of sulfonamides is 1. The van der Waals surface area contributed by atoms with Crippen LogP contribution in [0.2, 0.25) is 5.02 Å². The third kappa shape index (κ3) is 7.83. The number of carbonyl (C=O) groups is 1. The summed E-state index contributed by atoms with van der Waals surface area (Å²) < 4.78 is 35.5. The summed E-state index contributed by atoms with van der Waals surface area (Å²) in [6, 6.07) is 11.1. The van der Waals surface area contributed by atoms with Crippen molar-refractivity contribution in [3.05, 3.63) is 58.1 Å². The number of amides is 1. The van der Waals surface area contributed by atoms with Crippen LogP contribution in [-0.2, 0) is 23.1 Å².